The average molecular weight is 633 g/mol. The number of aromatic nitrogens is 2. The van der Waals surface area contributed by atoms with Crippen molar-refractivity contribution in [2.24, 2.45) is 0 Å². The van der Waals surface area contributed by atoms with Crippen molar-refractivity contribution in [3.05, 3.63) is 82.9 Å². The van der Waals surface area contributed by atoms with E-state index in [9.17, 15) is 13.2 Å². The molecule has 1 fully saturated rings. The fourth-order valence-electron chi connectivity index (χ4n) is 4.90. The first kappa shape index (κ1) is 31.3. The second-order valence-corrected chi connectivity index (χ2v) is 11.7. The number of carbonyl (C=O) groups excluding carboxylic acids is 1. The topological polar surface area (TPSA) is 147 Å². The van der Waals surface area contributed by atoms with Gasteiger partial charge in [0.1, 0.15) is 11.3 Å². The van der Waals surface area contributed by atoms with Gasteiger partial charge in [-0.15, -0.1) is 0 Å². The number of hydrogen-bond donors (Lipinski definition) is 5. The Labute approximate surface area is 251 Å². The summed E-state index contributed by atoms with van der Waals surface area (Å²) in [5.41, 5.74) is 1.93. The van der Waals surface area contributed by atoms with Crippen molar-refractivity contribution in [3.8, 4) is 0 Å². The number of anilines is 3. The van der Waals surface area contributed by atoms with Crippen LogP contribution in [0.4, 0.5) is 30.2 Å². The molecule has 5 N–H and O–H groups in total. The highest BCUT2D eigenvalue weighted by molar-refractivity contribution is 7.90. The van der Waals surface area contributed by atoms with E-state index in [2.05, 4.69) is 25.2 Å². The first-order chi connectivity index (χ1) is 21.1. The molecular weight excluding hydrogens is 601 g/mol. The van der Waals surface area contributed by atoms with Crippen molar-refractivity contribution in [2.45, 2.75) is 38.6 Å². The lowest BCUT2D eigenvalue weighted by Gasteiger charge is -2.26. The van der Waals surface area contributed by atoms with E-state index in [4.69, 9.17) is 9.94 Å². The van der Waals surface area contributed by atoms with Gasteiger partial charge in [-0.05, 0) is 48.6 Å². The number of amides is 1. The van der Waals surface area contributed by atoms with E-state index in [0.29, 0.717) is 0 Å². The molecule has 0 bridgehead atoms. The van der Waals surface area contributed by atoms with Crippen molar-refractivity contribution in [1.82, 2.24) is 19.8 Å². The molecule has 11 nitrogen and oxygen atoms in total. The Bertz CT molecular complexity index is 1800. The van der Waals surface area contributed by atoms with E-state index in [1.54, 1.807) is 13.0 Å². The molecule has 1 aliphatic carbocycles. The van der Waals surface area contributed by atoms with E-state index in [0.717, 1.165) is 24.8 Å². The van der Waals surface area contributed by atoms with Gasteiger partial charge >= 0.3 is 0 Å². The Morgan fingerprint density at radius 1 is 1.11 bits per heavy atom. The van der Waals surface area contributed by atoms with Gasteiger partial charge in [0.15, 0.2) is 11.6 Å². The van der Waals surface area contributed by atoms with Crippen LogP contribution in [0, 0.1) is 17.5 Å². The van der Waals surface area contributed by atoms with Crippen molar-refractivity contribution >= 4 is 44.2 Å². The second kappa shape index (κ2) is 13.2. The average Bonchev–Trinajstić information content (AvgIpc) is 3.35. The Kier molecular flexibility index (Phi) is 9.39. The van der Waals surface area contributed by atoms with Crippen LogP contribution >= 0.6 is 0 Å². The molecule has 0 atom stereocenters. The number of hydrogen-bond acceptors (Lipinski definition) is 7. The maximum absolute atomic E-state index is 16.0. The molecule has 4 aromatic rings. The molecule has 1 amide bonds. The highest BCUT2D eigenvalue weighted by Gasteiger charge is 2.25. The quantitative estimate of drug-likeness (QED) is 0.108. The predicted molar refractivity (Wildman–Crippen MR) is 158 cm³/mol. The summed E-state index contributed by atoms with van der Waals surface area (Å²) in [6, 6.07) is 10.0. The zero-order chi connectivity index (χ0) is 31.4. The summed E-state index contributed by atoms with van der Waals surface area (Å²) in [4.78, 5) is 22.1. The molecule has 0 aliphatic heterocycles. The van der Waals surface area contributed by atoms with Crippen LogP contribution in [0.15, 0.2) is 48.8 Å². The van der Waals surface area contributed by atoms with E-state index in [1.807, 2.05) is 0 Å². The number of benzene rings is 3. The minimum Gasteiger partial charge on any atom is -0.394 e. The molecule has 234 valence electrons. The molecule has 1 heterocycles. The summed E-state index contributed by atoms with van der Waals surface area (Å²) < 4.78 is 76.4. The standard InChI is InChI=1S/C29H31F3N6O5S/c1-2-34-44(41,42)37-23-8-4-7-19(25(23)31)15-38-16-33-28-24(38)14-20(29(40)36-43-12-11-39)27(26(28)32)35-22-10-9-18(13-21(22)30)17-5-3-6-17/h4,7-10,13-14,16-17,34-35,37,39H,2-3,5-6,11-12,15H2,1H3,(H,36,40). The smallest absolute Gasteiger partial charge is 0.299 e. The SMILES string of the molecule is CCNS(=O)(=O)Nc1cccc(Cn2cnc3c(F)c(Nc4ccc(C5CCC5)cc4F)c(C(=O)NOCCO)cc32)c1F. The number of aliphatic hydroxyl groups excluding tert-OH is 1. The third-order valence-electron chi connectivity index (χ3n) is 7.29. The number of carbonyl (C=O) groups is 1. The van der Waals surface area contributed by atoms with Crippen molar-refractivity contribution in [3.63, 3.8) is 0 Å². The zero-order valence-corrected chi connectivity index (χ0v) is 24.5. The number of halogens is 3. The zero-order valence-electron chi connectivity index (χ0n) is 23.7. The van der Waals surface area contributed by atoms with Crippen LogP contribution in [0.3, 0.4) is 0 Å². The van der Waals surface area contributed by atoms with Crippen LogP contribution in [0.1, 0.15) is 53.6 Å². The summed E-state index contributed by atoms with van der Waals surface area (Å²) in [6.45, 7) is 0.844. The monoisotopic (exact) mass is 632 g/mol. The first-order valence-corrected chi connectivity index (χ1v) is 15.4. The molecule has 15 heteroatoms. The molecule has 3 aromatic carbocycles. The number of imidazole rings is 1. The molecule has 0 spiro atoms. The normalized spacial score (nSPS) is 13.6. The minimum absolute atomic E-state index is 0.0505. The van der Waals surface area contributed by atoms with Gasteiger partial charge in [-0.3, -0.25) is 14.4 Å². The van der Waals surface area contributed by atoms with E-state index in [1.165, 1.54) is 47.3 Å². The van der Waals surface area contributed by atoms with Crippen LogP contribution in [0.5, 0.6) is 0 Å². The maximum atomic E-state index is 16.0. The fraction of sp³-hybridized carbons (Fsp3) is 0.310. The third-order valence-corrected chi connectivity index (χ3v) is 8.44. The lowest BCUT2D eigenvalue weighted by Crippen LogP contribution is -2.30. The summed E-state index contributed by atoms with van der Waals surface area (Å²) >= 11 is 0. The lowest BCUT2D eigenvalue weighted by atomic mass is 9.80. The number of aliphatic hydroxyl groups is 1. The molecule has 0 saturated heterocycles. The maximum Gasteiger partial charge on any atom is 0.299 e. The molecule has 0 radical (unpaired) electrons. The number of nitrogens with zero attached hydrogens (tertiary/aromatic N) is 2. The Morgan fingerprint density at radius 3 is 2.59 bits per heavy atom. The summed E-state index contributed by atoms with van der Waals surface area (Å²) in [5, 5.41) is 11.7. The first-order valence-electron chi connectivity index (χ1n) is 13.9. The van der Waals surface area contributed by atoms with Crippen LogP contribution in [-0.4, -0.2) is 48.7 Å². The summed E-state index contributed by atoms with van der Waals surface area (Å²) in [5.74, 6) is -3.07. The van der Waals surface area contributed by atoms with Crippen molar-refractivity contribution in [2.75, 3.05) is 29.8 Å². The second-order valence-electron chi connectivity index (χ2n) is 10.2. The Balaban J connectivity index is 1.51. The van der Waals surface area contributed by atoms with Gasteiger partial charge in [0.25, 0.3) is 16.1 Å². The van der Waals surface area contributed by atoms with E-state index < -0.39 is 33.6 Å². The highest BCUT2D eigenvalue weighted by atomic mass is 32.2. The molecule has 1 saturated carbocycles. The molecule has 0 unspecified atom stereocenters. The van der Waals surface area contributed by atoms with Gasteiger partial charge in [-0.1, -0.05) is 31.5 Å². The van der Waals surface area contributed by atoms with Gasteiger partial charge in [-0.2, -0.15) is 13.1 Å². The van der Waals surface area contributed by atoms with Crippen LogP contribution in [0.2, 0.25) is 0 Å². The third kappa shape index (κ3) is 6.65. The highest BCUT2D eigenvalue weighted by Crippen LogP contribution is 2.38. The largest absolute Gasteiger partial charge is 0.394 e. The number of nitrogens with one attached hydrogen (secondary N) is 4. The van der Waals surface area contributed by atoms with Gasteiger partial charge in [0.2, 0.25) is 0 Å². The number of fused-ring (bicyclic) bond motifs is 1. The predicted octanol–water partition coefficient (Wildman–Crippen LogP) is 4.43. The fourth-order valence-corrected chi connectivity index (χ4v) is 5.80. The summed E-state index contributed by atoms with van der Waals surface area (Å²) in [6.07, 6.45) is 4.26. The van der Waals surface area contributed by atoms with Gasteiger partial charge in [-0.25, -0.2) is 23.6 Å². The van der Waals surface area contributed by atoms with Gasteiger partial charge < -0.3 is 15.0 Å². The number of hydroxylamine groups is 1. The number of rotatable bonds is 13. The molecular formula is C29H31F3N6O5S. The minimum atomic E-state index is -4.00. The van der Waals surface area contributed by atoms with Crippen LogP contribution in [-0.2, 0) is 21.6 Å². The van der Waals surface area contributed by atoms with Crippen LogP contribution < -0.4 is 20.2 Å². The molecule has 1 aromatic heterocycles. The van der Waals surface area contributed by atoms with Gasteiger partial charge in [0.05, 0.1) is 54.2 Å². The van der Waals surface area contributed by atoms with Crippen molar-refractivity contribution in [1.29, 1.82) is 0 Å². The molecule has 5 rings (SSSR count). The summed E-state index contributed by atoms with van der Waals surface area (Å²) in [7, 11) is -4.00. The Hall–Kier alpha value is -4.18. The van der Waals surface area contributed by atoms with Crippen molar-refractivity contribution < 1.29 is 36.3 Å². The van der Waals surface area contributed by atoms with E-state index in [-0.39, 0.29) is 71.4 Å². The lowest BCUT2D eigenvalue weighted by molar-refractivity contribution is 0.0169. The molecule has 44 heavy (non-hydrogen) atoms. The molecule has 1 aliphatic rings. The van der Waals surface area contributed by atoms with E-state index >= 15 is 13.2 Å². The Morgan fingerprint density at radius 2 is 1.91 bits per heavy atom. The van der Waals surface area contributed by atoms with Gasteiger partial charge in [0, 0.05) is 12.1 Å². The van der Waals surface area contributed by atoms with Crippen LogP contribution in [0.25, 0.3) is 11.0 Å².